The van der Waals surface area contributed by atoms with Crippen LogP contribution in [0.15, 0.2) is 48.5 Å². The molecule has 0 unspecified atom stereocenters. The van der Waals surface area contributed by atoms with Crippen molar-refractivity contribution >= 4 is 23.5 Å². The van der Waals surface area contributed by atoms with Crippen LogP contribution in [0, 0.1) is 0 Å². The molecule has 7 nitrogen and oxygen atoms in total. The van der Waals surface area contributed by atoms with Gasteiger partial charge in [-0.2, -0.15) is 0 Å². The zero-order valence-corrected chi connectivity index (χ0v) is 17.6. The van der Waals surface area contributed by atoms with Gasteiger partial charge in [0.25, 0.3) is 11.8 Å². The number of anilines is 1. The summed E-state index contributed by atoms with van der Waals surface area (Å²) in [6.45, 7) is 0.201. The molecule has 2 fully saturated rings. The normalized spacial score (nSPS) is 17.9. The maximum absolute atomic E-state index is 13.0. The molecule has 162 valence electrons. The molecule has 1 aliphatic heterocycles. The molecule has 1 spiro atoms. The summed E-state index contributed by atoms with van der Waals surface area (Å²) in [6, 6.07) is 13.7. The maximum atomic E-state index is 13.0. The molecule has 0 radical (unpaired) electrons. The molecule has 31 heavy (non-hydrogen) atoms. The molecule has 1 aliphatic carbocycles. The van der Waals surface area contributed by atoms with E-state index < -0.39 is 5.54 Å². The Morgan fingerprint density at radius 3 is 2.26 bits per heavy atom. The fraction of sp³-hybridized carbons (Fsp3) is 0.375. The zero-order valence-electron chi connectivity index (χ0n) is 17.6. The van der Waals surface area contributed by atoms with Gasteiger partial charge in [0.1, 0.15) is 11.3 Å². The standard InChI is InChI=1S/C24H27N3O4/c1-31-20-12-10-19(11-13-20)25-21(28)18-8-6-17(7-9-18)16-27-22(29)24(26-23(27)30)14-4-2-3-5-15-24/h6-13H,2-5,14-16H2,1H3,(H,25,28)(H,26,30). The second-order valence-electron chi connectivity index (χ2n) is 8.20. The number of benzene rings is 2. The van der Waals surface area contributed by atoms with E-state index in [1.807, 2.05) is 0 Å². The number of ether oxygens (including phenoxy) is 1. The second-order valence-corrected chi connectivity index (χ2v) is 8.20. The van der Waals surface area contributed by atoms with Crippen LogP contribution >= 0.6 is 0 Å². The third-order valence-electron chi connectivity index (χ3n) is 6.11. The molecular weight excluding hydrogens is 394 g/mol. The lowest BCUT2D eigenvalue weighted by atomic mass is 9.90. The number of nitrogens with one attached hydrogen (secondary N) is 2. The van der Waals surface area contributed by atoms with Gasteiger partial charge in [0, 0.05) is 11.3 Å². The molecule has 0 bridgehead atoms. The lowest BCUT2D eigenvalue weighted by molar-refractivity contribution is -0.132. The summed E-state index contributed by atoms with van der Waals surface area (Å²) < 4.78 is 5.12. The minimum Gasteiger partial charge on any atom is -0.497 e. The van der Waals surface area contributed by atoms with Gasteiger partial charge in [0.05, 0.1) is 13.7 Å². The van der Waals surface area contributed by atoms with Crippen LogP contribution in [0.2, 0.25) is 0 Å². The molecule has 7 heteroatoms. The molecule has 0 aromatic heterocycles. The van der Waals surface area contributed by atoms with E-state index in [0.29, 0.717) is 29.8 Å². The van der Waals surface area contributed by atoms with Gasteiger partial charge in [-0.15, -0.1) is 0 Å². The number of imide groups is 1. The molecule has 2 aromatic carbocycles. The number of hydrogen-bond donors (Lipinski definition) is 2. The maximum Gasteiger partial charge on any atom is 0.325 e. The fourth-order valence-corrected chi connectivity index (χ4v) is 4.31. The Kier molecular flexibility index (Phi) is 5.93. The first kappa shape index (κ1) is 20.9. The second kappa shape index (κ2) is 8.79. The predicted molar refractivity (Wildman–Crippen MR) is 117 cm³/mol. The number of methoxy groups -OCH3 is 1. The third kappa shape index (κ3) is 4.40. The Hall–Kier alpha value is -3.35. The van der Waals surface area contributed by atoms with Crippen LogP contribution in [0.25, 0.3) is 0 Å². The van der Waals surface area contributed by atoms with Crippen molar-refractivity contribution in [1.82, 2.24) is 10.2 Å². The van der Waals surface area contributed by atoms with Crippen LogP contribution in [0.4, 0.5) is 10.5 Å². The van der Waals surface area contributed by atoms with Gasteiger partial charge >= 0.3 is 6.03 Å². The minimum atomic E-state index is -0.730. The molecule has 1 heterocycles. The van der Waals surface area contributed by atoms with E-state index in [-0.39, 0.29) is 24.4 Å². The Bertz CT molecular complexity index is 961. The monoisotopic (exact) mass is 421 g/mol. The molecular formula is C24H27N3O4. The van der Waals surface area contributed by atoms with Gasteiger partial charge in [0.2, 0.25) is 0 Å². The van der Waals surface area contributed by atoms with Crippen molar-refractivity contribution in [3.8, 4) is 5.75 Å². The Morgan fingerprint density at radius 2 is 1.65 bits per heavy atom. The van der Waals surface area contributed by atoms with Crippen molar-refractivity contribution < 1.29 is 19.1 Å². The van der Waals surface area contributed by atoms with E-state index in [1.165, 1.54) is 4.90 Å². The van der Waals surface area contributed by atoms with Gasteiger partial charge in [-0.1, -0.05) is 37.8 Å². The van der Waals surface area contributed by atoms with Crippen molar-refractivity contribution in [2.24, 2.45) is 0 Å². The van der Waals surface area contributed by atoms with E-state index in [0.717, 1.165) is 31.2 Å². The number of carbonyl (C=O) groups is 3. The van der Waals surface area contributed by atoms with Gasteiger partial charge in [-0.25, -0.2) is 4.79 Å². The minimum absolute atomic E-state index is 0.124. The van der Waals surface area contributed by atoms with E-state index in [9.17, 15) is 14.4 Å². The Balaban J connectivity index is 1.40. The van der Waals surface area contributed by atoms with E-state index in [2.05, 4.69) is 10.6 Å². The highest BCUT2D eigenvalue weighted by Gasteiger charge is 2.50. The molecule has 2 N–H and O–H groups in total. The number of nitrogens with zero attached hydrogens (tertiary/aromatic N) is 1. The van der Waals surface area contributed by atoms with E-state index in [4.69, 9.17) is 4.74 Å². The van der Waals surface area contributed by atoms with Crippen LogP contribution in [0.1, 0.15) is 54.4 Å². The highest BCUT2D eigenvalue weighted by molar-refractivity contribution is 6.07. The van der Waals surface area contributed by atoms with Crippen LogP contribution in [-0.2, 0) is 11.3 Å². The van der Waals surface area contributed by atoms with Gasteiger partial charge in [-0.05, 0) is 54.8 Å². The largest absolute Gasteiger partial charge is 0.497 e. The molecule has 1 saturated carbocycles. The average Bonchev–Trinajstić information content (AvgIpc) is 2.94. The van der Waals surface area contributed by atoms with Crippen LogP contribution in [0.5, 0.6) is 5.75 Å². The lowest BCUT2D eigenvalue weighted by Gasteiger charge is -2.24. The SMILES string of the molecule is COc1ccc(NC(=O)c2ccc(CN3C(=O)NC4(CCCCCC4)C3=O)cc2)cc1. The first-order valence-electron chi connectivity index (χ1n) is 10.7. The van der Waals surface area contributed by atoms with Crippen molar-refractivity contribution in [3.63, 3.8) is 0 Å². The molecule has 4 rings (SSSR count). The topological polar surface area (TPSA) is 87.7 Å². The summed E-state index contributed by atoms with van der Waals surface area (Å²) in [6.07, 6.45) is 5.53. The van der Waals surface area contributed by atoms with Crippen molar-refractivity contribution in [2.75, 3.05) is 12.4 Å². The van der Waals surface area contributed by atoms with Gasteiger partial charge < -0.3 is 15.4 Å². The lowest BCUT2D eigenvalue weighted by Crippen LogP contribution is -2.46. The molecule has 4 amide bonds. The Morgan fingerprint density at radius 1 is 1.00 bits per heavy atom. The fourth-order valence-electron chi connectivity index (χ4n) is 4.31. The molecule has 0 atom stereocenters. The van der Waals surface area contributed by atoms with Crippen molar-refractivity contribution in [2.45, 2.75) is 50.6 Å². The average molecular weight is 421 g/mol. The van der Waals surface area contributed by atoms with Gasteiger partial charge in [0.15, 0.2) is 0 Å². The smallest absolute Gasteiger partial charge is 0.325 e. The van der Waals surface area contributed by atoms with E-state index in [1.54, 1.807) is 55.6 Å². The molecule has 2 aliphatic rings. The summed E-state index contributed by atoms with van der Waals surface area (Å²) in [5.74, 6) is 0.360. The number of amides is 4. The first-order valence-corrected chi connectivity index (χ1v) is 10.7. The summed E-state index contributed by atoms with van der Waals surface area (Å²) >= 11 is 0. The predicted octanol–water partition coefficient (Wildman–Crippen LogP) is 4.09. The van der Waals surface area contributed by atoms with Gasteiger partial charge in [-0.3, -0.25) is 14.5 Å². The van der Waals surface area contributed by atoms with Crippen LogP contribution in [0.3, 0.4) is 0 Å². The number of hydrogen-bond acceptors (Lipinski definition) is 4. The highest BCUT2D eigenvalue weighted by Crippen LogP contribution is 2.33. The van der Waals surface area contributed by atoms with Crippen molar-refractivity contribution in [3.05, 3.63) is 59.7 Å². The summed E-state index contributed by atoms with van der Waals surface area (Å²) in [5.41, 5.74) is 1.24. The molecule has 1 saturated heterocycles. The summed E-state index contributed by atoms with van der Waals surface area (Å²) in [7, 11) is 1.59. The van der Waals surface area contributed by atoms with Crippen molar-refractivity contribution in [1.29, 1.82) is 0 Å². The number of carbonyl (C=O) groups excluding carboxylic acids is 3. The molecule has 2 aromatic rings. The Labute approximate surface area is 181 Å². The third-order valence-corrected chi connectivity index (χ3v) is 6.11. The van der Waals surface area contributed by atoms with Crippen LogP contribution < -0.4 is 15.4 Å². The first-order chi connectivity index (χ1) is 15.0. The number of urea groups is 1. The quantitative estimate of drug-likeness (QED) is 0.712. The highest BCUT2D eigenvalue weighted by atomic mass is 16.5. The van der Waals surface area contributed by atoms with E-state index >= 15 is 0 Å². The number of rotatable bonds is 5. The summed E-state index contributed by atoms with van der Waals surface area (Å²) in [4.78, 5) is 39.4. The zero-order chi connectivity index (χ0) is 21.8. The summed E-state index contributed by atoms with van der Waals surface area (Å²) in [5, 5.41) is 5.80. The van der Waals surface area contributed by atoms with Crippen LogP contribution in [-0.4, -0.2) is 35.4 Å².